The van der Waals surface area contributed by atoms with Crippen LogP contribution in [0.4, 0.5) is 4.79 Å². The molecule has 0 radical (unpaired) electrons. The Morgan fingerprint density at radius 1 is 0.947 bits per heavy atom. The number of allylic oxidation sites excluding steroid dienone is 1. The Balaban J connectivity index is 2.06. The van der Waals surface area contributed by atoms with Gasteiger partial charge in [-0.15, -0.1) is 0 Å². The number of rotatable bonds is 3. The maximum atomic E-state index is 12.4. The summed E-state index contributed by atoms with van der Waals surface area (Å²) in [4.78, 5) is 14.5. The van der Waals surface area contributed by atoms with Gasteiger partial charge in [0.1, 0.15) is 0 Å². The van der Waals surface area contributed by atoms with Gasteiger partial charge in [-0.05, 0) is 32.6 Å². The van der Waals surface area contributed by atoms with Gasteiger partial charge in [0.05, 0.1) is 5.76 Å². The highest BCUT2D eigenvalue weighted by atomic mass is 16.6. The molecule has 3 nitrogen and oxygen atoms in total. The first kappa shape index (κ1) is 14.4. The van der Waals surface area contributed by atoms with E-state index in [1.54, 1.807) is 6.92 Å². The lowest BCUT2D eigenvalue weighted by Gasteiger charge is -2.40. The second-order valence-electron chi connectivity index (χ2n) is 6.06. The van der Waals surface area contributed by atoms with E-state index in [4.69, 9.17) is 4.74 Å². The number of hydrogen-bond acceptors (Lipinski definition) is 2. The van der Waals surface area contributed by atoms with E-state index in [0.29, 0.717) is 17.8 Å². The average molecular weight is 265 g/mol. The van der Waals surface area contributed by atoms with Crippen LogP contribution in [0.3, 0.4) is 0 Å². The van der Waals surface area contributed by atoms with E-state index in [1.165, 1.54) is 38.5 Å². The Morgan fingerprint density at radius 2 is 1.37 bits per heavy atom. The fraction of sp³-hybridized carbons (Fsp3) is 0.812. The van der Waals surface area contributed by atoms with Crippen molar-refractivity contribution >= 4 is 6.09 Å². The van der Waals surface area contributed by atoms with Crippen molar-refractivity contribution in [3.8, 4) is 0 Å². The van der Waals surface area contributed by atoms with E-state index in [-0.39, 0.29) is 6.09 Å². The fourth-order valence-corrected chi connectivity index (χ4v) is 3.52. The lowest BCUT2D eigenvalue weighted by molar-refractivity contribution is 0.0614. The molecule has 0 bridgehead atoms. The molecule has 0 aromatic carbocycles. The molecule has 2 aliphatic carbocycles. The molecule has 3 heteroatoms. The third kappa shape index (κ3) is 3.99. The van der Waals surface area contributed by atoms with E-state index in [2.05, 4.69) is 11.5 Å². The van der Waals surface area contributed by atoms with E-state index >= 15 is 0 Å². The van der Waals surface area contributed by atoms with Gasteiger partial charge in [0.25, 0.3) is 0 Å². The zero-order valence-electron chi connectivity index (χ0n) is 12.2. The summed E-state index contributed by atoms with van der Waals surface area (Å²) >= 11 is 0. The van der Waals surface area contributed by atoms with Crippen LogP contribution >= 0.6 is 0 Å². The molecule has 0 saturated heterocycles. The number of amides is 1. The Labute approximate surface area is 117 Å². The summed E-state index contributed by atoms with van der Waals surface area (Å²) in [6.45, 7) is 5.45. The van der Waals surface area contributed by atoms with Gasteiger partial charge in [-0.3, -0.25) is 0 Å². The summed E-state index contributed by atoms with van der Waals surface area (Å²) in [7, 11) is 0. The van der Waals surface area contributed by atoms with Crippen LogP contribution in [0.15, 0.2) is 12.3 Å². The van der Waals surface area contributed by atoms with Crippen LogP contribution in [-0.2, 0) is 4.74 Å². The van der Waals surface area contributed by atoms with Gasteiger partial charge < -0.3 is 9.64 Å². The van der Waals surface area contributed by atoms with E-state index < -0.39 is 0 Å². The summed E-state index contributed by atoms with van der Waals surface area (Å²) in [6, 6.07) is 0.785. The SMILES string of the molecule is C=C(C)OC(=O)N(C1CCCCC1)C1CCCCC1. The first-order chi connectivity index (χ1) is 9.18. The van der Waals surface area contributed by atoms with E-state index in [0.717, 1.165) is 25.7 Å². The third-order valence-corrected chi connectivity index (χ3v) is 4.41. The molecule has 1 amide bonds. The Bertz CT molecular complexity index is 297. The molecule has 0 atom stereocenters. The van der Waals surface area contributed by atoms with Crippen molar-refractivity contribution in [2.45, 2.75) is 83.2 Å². The van der Waals surface area contributed by atoms with Gasteiger partial charge in [0.2, 0.25) is 0 Å². The highest BCUT2D eigenvalue weighted by Crippen LogP contribution is 2.30. The molecule has 2 fully saturated rings. The topological polar surface area (TPSA) is 29.5 Å². The first-order valence-corrected chi connectivity index (χ1v) is 7.84. The molecule has 0 aromatic heterocycles. The maximum absolute atomic E-state index is 12.4. The molecule has 19 heavy (non-hydrogen) atoms. The molecule has 0 N–H and O–H groups in total. The van der Waals surface area contributed by atoms with E-state index in [1.807, 2.05) is 0 Å². The molecule has 108 valence electrons. The molecule has 2 aliphatic rings. The second kappa shape index (κ2) is 6.97. The highest BCUT2D eigenvalue weighted by molar-refractivity contribution is 5.69. The van der Waals surface area contributed by atoms with Gasteiger partial charge in [0, 0.05) is 12.1 Å². The molecule has 0 unspecified atom stereocenters. The van der Waals surface area contributed by atoms with Crippen LogP contribution in [-0.4, -0.2) is 23.1 Å². The van der Waals surface area contributed by atoms with Crippen LogP contribution in [0.1, 0.15) is 71.1 Å². The summed E-state index contributed by atoms with van der Waals surface area (Å²) < 4.78 is 5.31. The molecule has 0 spiro atoms. The molecule has 2 saturated carbocycles. The predicted octanol–water partition coefficient (Wildman–Crippen LogP) is 4.62. The van der Waals surface area contributed by atoms with Crippen molar-refractivity contribution in [2.24, 2.45) is 0 Å². The normalized spacial score (nSPS) is 21.9. The van der Waals surface area contributed by atoms with Crippen molar-refractivity contribution in [1.82, 2.24) is 4.90 Å². The van der Waals surface area contributed by atoms with Gasteiger partial charge in [-0.25, -0.2) is 4.79 Å². The first-order valence-electron chi connectivity index (χ1n) is 7.84. The summed E-state index contributed by atoms with van der Waals surface area (Å²) in [6.07, 6.45) is 12.0. The standard InChI is InChI=1S/C16H27NO2/c1-13(2)19-16(18)17(14-9-5-3-6-10-14)15-11-7-4-8-12-15/h14-15H,1,3-12H2,2H3. The van der Waals surface area contributed by atoms with Crippen molar-refractivity contribution in [2.75, 3.05) is 0 Å². The van der Waals surface area contributed by atoms with Gasteiger partial charge in [-0.2, -0.15) is 0 Å². The predicted molar refractivity (Wildman–Crippen MR) is 76.9 cm³/mol. The van der Waals surface area contributed by atoms with Crippen LogP contribution in [0.5, 0.6) is 0 Å². The molecule has 0 aliphatic heterocycles. The fourth-order valence-electron chi connectivity index (χ4n) is 3.52. The molecular weight excluding hydrogens is 238 g/mol. The summed E-state index contributed by atoms with van der Waals surface area (Å²) in [5.41, 5.74) is 0. The van der Waals surface area contributed by atoms with Gasteiger partial charge in [-0.1, -0.05) is 45.1 Å². The average Bonchev–Trinajstić information content (AvgIpc) is 2.40. The van der Waals surface area contributed by atoms with Crippen molar-refractivity contribution in [3.63, 3.8) is 0 Å². The number of carbonyl (C=O) groups is 1. The molecular formula is C16H27NO2. The zero-order valence-corrected chi connectivity index (χ0v) is 12.2. The molecule has 0 heterocycles. The Kier molecular flexibility index (Phi) is 5.29. The largest absolute Gasteiger partial charge is 0.416 e. The zero-order chi connectivity index (χ0) is 13.7. The second-order valence-corrected chi connectivity index (χ2v) is 6.06. The van der Waals surface area contributed by atoms with Crippen LogP contribution in [0.25, 0.3) is 0 Å². The van der Waals surface area contributed by atoms with Crippen molar-refractivity contribution in [1.29, 1.82) is 0 Å². The minimum atomic E-state index is -0.161. The van der Waals surface area contributed by atoms with Gasteiger partial charge in [0.15, 0.2) is 0 Å². The number of ether oxygens (including phenoxy) is 1. The summed E-state index contributed by atoms with van der Waals surface area (Å²) in [5, 5.41) is 0. The van der Waals surface area contributed by atoms with E-state index in [9.17, 15) is 4.79 Å². The highest BCUT2D eigenvalue weighted by Gasteiger charge is 2.33. The maximum Gasteiger partial charge on any atom is 0.415 e. The number of hydrogen-bond donors (Lipinski definition) is 0. The van der Waals surface area contributed by atoms with Crippen molar-refractivity contribution < 1.29 is 9.53 Å². The lowest BCUT2D eigenvalue weighted by atomic mass is 9.89. The molecule has 0 aromatic rings. The Morgan fingerprint density at radius 3 is 1.74 bits per heavy atom. The quantitative estimate of drug-likeness (QED) is 0.697. The minimum absolute atomic E-state index is 0.161. The lowest BCUT2D eigenvalue weighted by Crippen LogP contribution is -2.48. The third-order valence-electron chi connectivity index (χ3n) is 4.41. The monoisotopic (exact) mass is 265 g/mol. The smallest absolute Gasteiger partial charge is 0.415 e. The van der Waals surface area contributed by atoms with Crippen molar-refractivity contribution in [3.05, 3.63) is 12.3 Å². The minimum Gasteiger partial charge on any atom is -0.416 e. The van der Waals surface area contributed by atoms with Crippen LogP contribution in [0.2, 0.25) is 0 Å². The summed E-state index contributed by atoms with van der Waals surface area (Å²) in [5.74, 6) is 0.501. The Hall–Kier alpha value is -0.990. The van der Waals surface area contributed by atoms with Crippen LogP contribution < -0.4 is 0 Å². The molecule has 2 rings (SSSR count). The number of carbonyl (C=O) groups excluding carboxylic acids is 1. The number of nitrogens with zero attached hydrogens (tertiary/aromatic N) is 1. The van der Waals surface area contributed by atoms with Crippen LogP contribution in [0, 0.1) is 0 Å². The van der Waals surface area contributed by atoms with Gasteiger partial charge >= 0.3 is 6.09 Å².